The van der Waals surface area contributed by atoms with Crippen LogP contribution < -0.4 is 5.32 Å². The standard InChI is InChI=1S/C14H22N4O2/c1-5-11-12(19)18(14(2,3)13(20)16-11)7-6-10-8-15-17(4)9-10/h8-9,11H,5-7H2,1-4H3,(H,16,20). The second-order valence-electron chi connectivity index (χ2n) is 5.76. The molecule has 20 heavy (non-hydrogen) atoms. The van der Waals surface area contributed by atoms with Crippen molar-refractivity contribution in [1.82, 2.24) is 20.0 Å². The quantitative estimate of drug-likeness (QED) is 0.871. The van der Waals surface area contributed by atoms with Crippen LogP contribution in [-0.4, -0.2) is 44.6 Å². The highest BCUT2D eigenvalue weighted by atomic mass is 16.2. The first-order valence-corrected chi connectivity index (χ1v) is 6.96. The van der Waals surface area contributed by atoms with E-state index < -0.39 is 11.6 Å². The van der Waals surface area contributed by atoms with Gasteiger partial charge < -0.3 is 10.2 Å². The fourth-order valence-electron chi connectivity index (χ4n) is 2.49. The number of hydrogen-bond donors (Lipinski definition) is 1. The molecule has 1 atom stereocenters. The van der Waals surface area contributed by atoms with Crippen LogP contribution in [0.5, 0.6) is 0 Å². The molecule has 1 unspecified atom stereocenters. The number of nitrogens with zero attached hydrogens (tertiary/aromatic N) is 3. The molecule has 1 saturated heterocycles. The van der Waals surface area contributed by atoms with Crippen molar-refractivity contribution in [2.24, 2.45) is 7.05 Å². The summed E-state index contributed by atoms with van der Waals surface area (Å²) in [6.07, 6.45) is 5.04. The van der Waals surface area contributed by atoms with Gasteiger partial charge in [-0.1, -0.05) is 6.92 Å². The molecule has 1 aromatic heterocycles. The van der Waals surface area contributed by atoms with Gasteiger partial charge in [-0.05, 0) is 32.3 Å². The van der Waals surface area contributed by atoms with Crippen molar-refractivity contribution in [1.29, 1.82) is 0 Å². The van der Waals surface area contributed by atoms with E-state index in [9.17, 15) is 9.59 Å². The molecule has 0 bridgehead atoms. The Morgan fingerprint density at radius 2 is 2.10 bits per heavy atom. The molecule has 1 N–H and O–H groups in total. The Kier molecular flexibility index (Phi) is 3.83. The highest BCUT2D eigenvalue weighted by Gasteiger charge is 2.45. The molecule has 1 aliphatic rings. The lowest BCUT2D eigenvalue weighted by Gasteiger charge is -2.44. The van der Waals surface area contributed by atoms with Crippen molar-refractivity contribution in [3.05, 3.63) is 18.0 Å². The molecule has 0 aliphatic carbocycles. The van der Waals surface area contributed by atoms with Gasteiger partial charge in [-0.2, -0.15) is 5.10 Å². The zero-order valence-corrected chi connectivity index (χ0v) is 12.5. The van der Waals surface area contributed by atoms with Crippen molar-refractivity contribution in [2.45, 2.75) is 45.2 Å². The first-order valence-electron chi connectivity index (χ1n) is 6.96. The normalized spacial score (nSPS) is 22.0. The average molecular weight is 278 g/mol. The summed E-state index contributed by atoms with van der Waals surface area (Å²) in [4.78, 5) is 26.3. The van der Waals surface area contributed by atoms with E-state index in [1.54, 1.807) is 29.6 Å². The van der Waals surface area contributed by atoms with E-state index in [4.69, 9.17) is 0 Å². The van der Waals surface area contributed by atoms with Gasteiger partial charge in [0.2, 0.25) is 11.8 Å². The van der Waals surface area contributed by atoms with Crippen LogP contribution in [-0.2, 0) is 23.1 Å². The minimum atomic E-state index is -0.801. The van der Waals surface area contributed by atoms with Crippen molar-refractivity contribution >= 4 is 11.8 Å². The predicted molar refractivity (Wildman–Crippen MR) is 74.9 cm³/mol. The van der Waals surface area contributed by atoms with Gasteiger partial charge in [0.05, 0.1) is 6.20 Å². The molecule has 0 spiro atoms. The molecule has 2 amide bonds. The summed E-state index contributed by atoms with van der Waals surface area (Å²) in [5.74, 6) is -0.0869. The summed E-state index contributed by atoms with van der Waals surface area (Å²) in [7, 11) is 1.86. The van der Waals surface area contributed by atoms with Crippen LogP contribution in [0.1, 0.15) is 32.8 Å². The van der Waals surface area contributed by atoms with Crippen LogP contribution in [0.4, 0.5) is 0 Å². The molecule has 0 radical (unpaired) electrons. The predicted octanol–water partition coefficient (Wildman–Crippen LogP) is 0.478. The fourth-order valence-corrected chi connectivity index (χ4v) is 2.49. The Bertz CT molecular complexity index is 521. The topological polar surface area (TPSA) is 67.2 Å². The molecule has 1 fully saturated rings. The highest BCUT2D eigenvalue weighted by Crippen LogP contribution is 2.22. The van der Waals surface area contributed by atoms with Crippen LogP contribution in [0.2, 0.25) is 0 Å². The largest absolute Gasteiger partial charge is 0.342 e. The molecule has 2 rings (SSSR count). The molecule has 6 heteroatoms. The van der Waals surface area contributed by atoms with Gasteiger partial charge in [0.1, 0.15) is 11.6 Å². The summed E-state index contributed by atoms with van der Waals surface area (Å²) in [6, 6.07) is -0.399. The van der Waals surface area contributed by atoms with Crippen LogP contribution in [0, 0.1) is 0 Å². The van der Waals surface area contributed by atoms with Crippen LogP contribution in [0.25, 0.3) is 0 Å². The Labute approximate surface area is 119 Å². The van der Waals surface area contributed by atoms with E-state index in [1.165, 1.54) is 0 Å². The minimum absolute atomic E-state index is 0.000917. The number of rotatable bonds is 4. The third-order valence-corrected chi connectivity index (χ3v) is 3.89. The van der Waals surface area contributed by atoms with Gasteiger partial charge in [-0.15, -0.1) is 0 Å². The first kappa shape index (κ1) is 14.6. The smallest absolute Gasteiger partial charge is 0.246 e. The monoisotopic (exact) mass is 278 g/mol. The maximum absolute atomic E-state index is 12.4. The van der Waals surface area contributed by atoms with Crippen molar-refractivity contribution in [2.75, 3.05) is 6.54 Å². The number of carbonyl (C=O) groups is 2. The van der Waals surface area contributed by atoms with E-state index in [0.29, 0.717) is 19.4 Å². The fraction of sp³-hybridized carbons (Fsp3) is 0.643. The highest BCUT2D eigenvalue weighted by molar-refractivity contribution is 5.99. The number of piperazine rings is 1. The molecule has 110 valence electrons. The van der Waals surface area contributed by atoms with Crippen molar-refractivity contribution < 1.29 is 9.59 Å². The summed E-state index contributed by atoms with van der Waals surface area (Å²) in [5, 5.41) is 6.91. The average Bonchev–Trinajstić information content (AvgIpc) is 2.79. The van der Waals surface area contributed by atoms with Crippen LogP contribution >= 0.6 is 0 Å². The molecule has 1 aromatic rings. The van der Waals surface area contributed by atoms with Gasteiger partial charge in [0, 0.05) is 19.8 Å². The number of aryl methyl sites for hydroxylation is 1. The van der Waals surface area contributed by atoms with E-state index in [1.807, 2.05) is 20.2 Å². The second kappa shape index (κ2) is 5.26. The maximum atomic E-state index is 12.4. The minimum Gasteiger partial charge on any atom is -0.342 e. The Hall–Kier alpha value is -1.85. The third-order valence-electron chi connectivity index (χ3n) is 3.89. The van der Waals surface area contributed by atoms with E-state index in [2.05, 4.69) is 10.4 Å². The lowest BCUT2D eigenvalue weighted by Crippen LogP contribution is -2.68. The van der Waals surface area contributed by atoms with Crippen molar-refractivity contribution in [3.8, 4) is 0 Å². The zero-order valence-electron chi connectivity index (χ0n) is 12.5. The summed E-state index contributed by atoms with van der Waals surface area (Å²) < 4.78 is 1.74. The molecule has 0 aromatic carbocycles. The van der Waals surface area contributed by atoms with Gasteiger partial charge in [0.15, 0.2) is 0 Å². The molecular weight excluding hydrogens is 256 g/mol. The number of aromatic nitrogens is 2. The SMILES string of the molecule is CCC1NC(=O)C(C)(C)N(CCc2cnn(C)c2)C1=O. The van der Waals surface area contributed by atoms with E-state index in [0.717, 1.165) is 5.56 Å². The Balaban J connectivity index is 2.13. The Morgan fingerprint density at radius 3 is 2.65 bits per heavy atom. The molecule has 6 nitrogen and oxygen atoms in total. The van der Waals surface area contributed by atoms with Crippen molar-refractivity contribution in [3.63, 3.8) is 0 Å². The number of carbonyl (C=O) groups excluding carboxylic acids is 2. The number of nitrogens with one attached hydrogen (secondary N) is 1. The number of amides is 2. The van der Waals surface area contributed by atoms with Crippen LogP contribution in [0.15, 0.2) is 12.4 Å². The maximum Gasteiger partial charge on any atom is 0.246 e. The zero-order chi connectivity index (χ0) is 14.9. The third kappa shape index (κ3) is 2.55. The molecule has 1 aliphatic heterocycles. The van der Waals surface area contributed by atoms with Gasteiger partial charge in [-0.3, -0.25) is 14.3 Å². The summed E-state index contributed by atoms with van der Waals surface area (Å²) in [5.41, 5.74) is 0.264. The van der Waals surface area contributed by atoms with E-state index in [-0.39, 0.29) is 11.8 Å². The lowest BCUT2D eigenvalue weighted by atomic mass is 9.94. The van der Waals surface area contributed by atoms with Crippen LogP contribution in [0.3, 0.4) is 0 Å². The van der Waals surface area contributed by atoms with Gasteiger partial charge in [-0.25, -0.2) is 0 Å². The first-order chi connectivity index (χ1) is 9.36. The molecule has 2 heterocycles. The van der Waals surface area contributed by atoms with Gasteiger partial charge >= 0.3 is 0 Å². The van der Waals surface area contributed by atoms with Gasteiger partial charge in [0.25, 0.3) is 0 Å². The lowest BCUT2D eigenvalue weighted by molar-refractivity contribution is -0.155. The summed E-state index contributed by atoms with van der Waals surface area (Å²) in [6.45, 7) is 6.01. The number of hydrogen-bond acceptors (Lipinski definition) is 3. The second-order valence-corrected chi connectivity index (χ2v) is 5.76. The summed E-state index contributed by atoms with van der Waals surface area (Å²) >= 11 is 0. The Morgan fingerprint density at radius 1 is 1.40 bits per heavy atom. The molecule has 0 saturated carbocycles. The van der Waals surface area contributed by atoms with E-state index >= 15 is 0 Å². The molecular formula is C14H22N4O2.